The molecule has 0 saturated carbocycles. The number of aromatic hydroxyl groups is 2. The quantitative estimate of drug-likeness (QED) is 0.0261. The Balaban J connectivity index is 1.40. The molecule has 18 N–H and O–H groups in total. The van der Waals surface area contributed by atoms with Crippen LogP contribution in [0.1, 0.15) is 88.5 Å². The van der Waals surface area contributed by atoms with E-state index in [-0.39, 0.29) is 81.4 Å². The van der Waals surface area contributed by atoms with Gasteiger partial charge in [-0.25, -0.2) is 4.79 Å². The lowest BCUT2D eigenvalue weighted by Gasteiger charge is -2.42. The summed E-state index contributed by atoms with van der Waals surface area (Å²) in [6.07, 6.45) is -2.29. The molecule has 4 aromatic carbocycles. The summed E-state index contributed by atoms with van der Waals surface area (Å²) in [6, 6.07) is 13.3. The molecule has 1 fully saturated rings. The molecule has 0 aromatic heterocycles. The monoisotopic (exact) mass is 1280 g/mol. The SMILES string of the molecule is CC(C)C[C@H](NC(=O)[C@H](CCCN)NC(=O)[C@@H](N)C(C)C)C(=O)N[C@@H](Cc1ccc(O)cc1)C(=O)N1CCC1C(=O)N[C@@H](Cc1ccccc1)C(=O)N[C@@H](Cc1ccccc1)C(=O)N[C@@H](CC(N)=O)C(=O)N[C@@H](CC(=O)O)C(=O)N[C@@H](Cc1ccc(O)cc1)C(=O)O. The minimum atomic E-state index is -1.98. The lowest BCUT2D eigenvalue weighted by atomic mass is 9.96. The van der Waals surface area contributed by atoms with E-state index in [1.807, 2.05) is 13.8 Å². The third-order valence-electron chi connectivity index (χ3n) is 15.2. The molecule has 1 unspecified atom stereocenters. The Morgan fingerprint density at radius 1 is 0.489 bits per heavy atom. The number of carboxylic acid groups (broad SMARTS) is 2. The summed E-state index contributed by atoms with van der Waals surface area (Å²) in [5.74, 6) is -13.1. The minimum absolute atomic E-state index is 0.0204. The fourth-order valence-electron chi connectivity index (χ4n) is 9.94. The van der Waals surface area contributed by atoms with Crippen LogP contribution in [0.2, 0.25) is 0 Å². The number of carboxylic acids is 2. The third-order valence-corrected chi connectivity index (χ3v) is 15.2. The molecule has 0 spiro atoms. The number of nitrogens with two attached hydrogens (primary N) is 3. The van der Waals surface area contributed by atoms with Crippen molar-refractivity contribution in [2.75, 3.05) is 13.1 Å². The molecule has 496 valence electrons. The van der Waals surface area contributed by atoms with Crippen LogP contribution >= 0.6 is 0 Å². The summed E-state index contributed by atoms with van der Waals surface area (Å²) in [5.41, 5.74) is 19.2. The van der Waals surface area contributed by atoms with Crippen LogP contribution in [0.25, 0.3) is 0 Å². The number of nitrogens with zero attached hydrogens (tertiary/aromatic N) is 1. The van der Waals surface area contributed by atoms with Crippen LogP contribution in [0.4, 0.5) is 0 Å². The summed E-state index contributed by atoms with van der Waals surface area (Å²) in [7, 11) is 0. The number of hydrogen-bond acceptors (Lipinski definition) is 16. The lowest BCUT2D eigenvalue weighted by molar-refractivity contribution is -0.150. The Labute approximate surface area is 531 Å². The maximum Gasteiger partial charge on any atom is 0.326 e. The molecule has 1 heterocycles. The molecular formula is C64H84N12O16. The van der Waals surface area contributed by atoms with Crippen molar-refractivity contribution in [2.24, 2.45) is 29.0 Å². The number of primary amides is 1. The topological polar surface area (TPSA) is 463 Å². The van der Waals surface area contributed by atoms with E-state index >= 15 is 0 Å². The minimum Gasteiger partial charge on any atom is -0.508 e. The number of carbonyl (C=O) groups is 12. The highest BCUT2D eigenvalue weighted by molar-refractivity contribution is 6.00. The number of rotatable bonds is 36. The van der Waals surface area contributed by atoms with Crippen molar-refractivity contribution in [3.8, 4) is 11.5 Å². The van der Waals surface area contributed by atoms with E-state index in [4.69, 9.17) is 17.2 Å². The van der Waals surface area contributed by atoms with Gasteiger partial charge in [0.15, 0.2) is 0 Å². The number of benzene rings is 4. The van der Waals surface area contributed by atoms with E-state index < -0.39 is 144 Å². The second-order valence-electron chi connectivity index (χ2n) is 23.4. The van der Waals surface area contributed by atoms with Crippen LogP contribution in [0, 0.1) is 11.8 Å². The average Bonchev–Trinajstić information content (AvgIpc) is 0.816. The van der Waals surface area contributed by atoms with Crippen molar-refractivity contribution in [1.29, 1.82) is 0 Å². The molecular weight excluding hydrogens is 1190 g/mol. The number of amides is 10. The number of likely N-dealkylation sites (tertiary alicyclic amines) is 1. The Morgan fingerprint density at radius 2 is 0.880 bits per heavy atom. The summed E-state index contributed by atoms with van der Waals surface area (Å²) < 4.78 is 0. The van der Waals surface area contributed by atoms with Gasteiger partial charge >= 0.3 is 11.9 Å². The van der Waals surface area contributed by atoms with Gasteiger partial charge in [-0.05, 0) is 90.6 Å². The molecule has 10 atom stereocenters. The van der Waals surface area contributed by atoms with Gasteiger partial charge in [0.25, 0.3) is 0 Å². The predicted octanol–water partition coefficient (Wildman–Crippen LogP) is -0.949. The van der Waals surface area contributed by atoms with E-state index in [1.165, 1.54) is 53.4 Å². The second-order valence-corrected chi connectivity index (χ2v) is 23.4. The van der Waals surface area contributed by atoms with Gasteiger partial charge < -0.3 is 85.1 Å². The van der Waals surface area contributed by atoms with E-state index in [0.29, 0.717) is 28.7 Å². The Hall–Kier alpha value is -9.96. The predicted molar refractivity (Wildman–Crippen MR) is 334 cm³/mol. The van der Waals surface area contributed by atoms with Gasteiger partial charge in [-0.2, -0.15) is 0 Å². The number of hydrogen-bond donors (Lipinski definition) is 15. The Bertz CT molecular complexity index is 3210. The fraction of sp³-hybridized carbons (Fsp3) is 0.438. The number of phenolic OH excluding ortho intramolecular Hbond substituents is 2. The molecule has 28 nitrogen and oxygen atoms in total. The van der Waals surface area contributed by atoms with Crippen molar-refractivity contribution < 1.29 is 78.0 Å². The summed E-state index contributed by atoms with van der Waals surface area (Å²) in [4.78, 5) is 166. The number of nitrogens with one attached hydrogen (secondary N) is 8. The summed E-state index contributed by atoms with van der Waals surface area (Å²) >= 11 is 0. The maximum atomic E-state index is 14.8. The molecule has 0 radical (unpaired) electrons. The molecule has 1 aliphatic rings. The molecule has 0 bridgehead atoms. The van der Waals surface area contributed by atoms with Crippen LogP contribution in [0.5, 0.6) is 11.5 Å². The van der Waals surface area contributed by atoms with Crippen molar-refractivity contribution in [2.45, 2.75) is 152 Å². The Morgan fingerprint density at radius 3 is 1.33 bits per heavy atom. The highest BCUT2D eigenvalue weighted by atomic mass is 16.4. The maximum absolute atomic E-state index is 14.8. The average molecular weight is 1280 g/mol. The van der Waals surface area contributed by atoms with Crippen LogP contribution < -0.4 is 59.7 Å². The molecule has 10 amide bonds. The van der Waals surface area contributed by atoms with Gasteiger partial charge in [0.2, 0.25) is 59.1 Å². The van der Waals surface area contributed by atoms with E-state index in [1.54, 1.807) is 74.5 Å². The van der Waals surface area contributed by atoms with Crippen molar-refractivity contribution in [3.63, 3.8) is 0 Å². The standard InChI is InChI=1S/C64H84N12O16/c1-35(2)28-44(69-55(82)43(16-11-26-65)68-62(89)54(67)36(3)4)56(83)74-49(31-39-17-21-41(77)22-18-39)63(90)76-27-25-51(76)61(88)73-46(30-38-14-9-6-10-15-38)58(85)70-45(29-37-12-7-5-8-13-37)57(84)71-47(33-52(66)79)59(86)72-48(34-53(80)81)60(87)75-50(64(91)92)32-40-19-23-42(78)24-20-40/h5-10,12-15,17-24,35-36,43-51,54,77-78H,11,16,25-34,65,67H2,1-4H3,(H2,66,79)(H,68,89)(H,69,82)(H,70,85)(H,71,84)(H,72,86)(H,73,88)(H,74,83)(H,75,87)(H,80,81)(H,91,92)/t43-,44-,45-,46-,47-,48-,49-,50-,51?,54-/m0/s1. The van der Waals surface area contributed by atoms with E-state index in [2.05, 4.69) is 42.5 Å². The molecule has 5 rings (SSSR count). The molecule has 1 aliphatic heterocycles. The second kappa shape index (κ2) is 35.4. The summed E-state index contributed by atoms with van der Waals surface area (Å²) in [5, 5.41) is 59.8. The van der Waals surface area contributed by atoms with Gasteiger partial charge in [0.1, 0.15) is 65.9 Å². The molecule has 92 heavy (non-hydrogen) atoms. The highest BCUT2D eigenvalue weighted by Gasteiger charge is 2.43. The zero-order chi connectivity index (χ0) is 67.8. The first-order chi connectivity index (χ1) is 43.6. The van der Waals surface area contributed by atoms with Crippen molar-refractivity contribution in [1.82, 2.24) is 47.4 Å². The molecule has 1 saturated heterocycles. The van der Waals surface area contributed by atoms with Crippen LogP contribution in [-0.4, -0.2) is 170 Å². The van der Waals surface area contributed by atoms with Gasteiger partial charge in [-0.15, -0.1) is 0 Å². The van der Waals surface area contributed by atoms with Crippen molar-refractivity contribution >= 4 is 71.0 Å². The fourth-order valence-corrected chi connectivity index (χ4v) is 9.94. The first kappa shape index (κ1) is 72.8. The largest absolute Gasteiger partial charge is 0.508 e. The normalized spacial score (nSPS) is 15.6. The zero-order valence-electron chi connectivity index (χ0n) is 51.7. The van der Waals surface area contributed by atoms with Crippen LogP contribution in [-0.2, 0) is 83.2 Å². The van der Waals surface area contributed by atoms with Gasteiger partial charge in [0, 0.05) is 32.2 Å². The van der Waals surface area contributed by atoms with E-state index in [0.717, 1.165) is 0 Å². The molecule has 4 aromatic rings. The highest BCUT2D eigenvalue weighted by Crippen LogP contribution is 2.23. The summed E-state index contributed by atoms with van der Waals surface area (Å²) in [6.45, 7) is 7.34. The lowest BCUT2D eigenvalue weighted by Crippen LogP contribution is -2.65. The van der Waals surface area contributed by atoms with Gasteiger partial charge in [-0.3, -0.25) is 52.7 Å². The van der Waals surface area contributed by atoms with Gasteiger partial charge in [0.05, 0.1) is 18.9 Å². The smallest absolute Gasteiger partial charge is 0.326 e. The number of phenols is 2. The van der Waals surface area contributed by atoms with Crippen LogP contribution in [0.15, 0.2) is 109 Å². The zero-order valence-corrected chi connectivity index (χ0v) is 51.7. The van der Waals surface area contributed by atoms with Crippen molar-refractivity contribution in [3.05, 3.63) is 131 Å². The molecule has 0 aliphatic carbocycles. The Kier molecular flexibility index (Phi) is 28.0. The number of carbonyl (C=O) groups excluding carboxylic acids is 10. The molecule has 28 heteroatoms. The third kappa shape index (κ3) is 23.1. The number of aliphatic carboxylic acids is 2. The van der Waals surface area contributed by atoms with E-state index in [9.17, 15) is 78.0 Å². The van der Waals surface area contributed by atoms with Gasteiger partial charge in [-0.1, -0.05) is 113 Å². The first-order valence-corrected chi connectivity index (χ1v) is 30.2. The first-order valence-electron chi connectivity index (χ1n) is 30.2. The van der Waals surface area contributed by atoms with Crippen LogP contribution in [0.3, 0.4) is 0 Å².